The summed E-state index contributed by atoms with van der Waals surface area (Å²) in [7, 11) is 1.73. The van der Waals surface area contributed by atoms with Gasteiger partial charge in [-0.3, -0.25) is 9.79 Å². The first-order valence-electron chi connectivity index (χ1n) is 5.87. The van der Waals surface area contributed by atoms with Crippen LogP contribution in [0.25, 0.3) is 11.3 Å². The van der Waals surface area contributed by atoms with Crippen LogP contribution < -0.4 is 11.3 Å². The summed E-state index contributed by atoms with van der Waals surface area (Å²) in [6.45, 7) is 0.470. The Kier molecular flexibility index (Phi) is 2.68. The number of rotatable bonds is 1. The number of pyridine rings is 1. The van der Waals surface area contributed by atoms with Crippen LogP contribution in [0.15, 0.2) is 40.1 Å². The van der Waals surface area contributed by atoms with Crippen LogP contribution in [0.1, 0.15) is 11.1 Å². The van der Waals surface area contributed by atoms with Crippen LogP contribution in [-0.2, 0) is 13.6 Å². The topological polar surface area (TPSA) is 60.4 Å². The number of benzene rings is 1. The molecule has 1 aliphatic heterocycles. The molecule has 1 aromatic heterocycles. The van der Waals surface area contributed by atoms with E-state index in [2.05, 4.69) is 4.99 Å². The Morgan fingerprint density at radius 2 is 2.00 bits per heavy atom. The summed E-state index contributed by atoms with van der Waals surface area (Å²) in [4.78, 5) is 16.4. The standard InChI is InChI=1S/C14H12ClN3O/c1-18-11(8-2-4-10(15)5-3-8)6-9-7-17-13(16)12(9)14(18)19/h2-6H,7H2,1H3,(H2,16,17). The molecule has 96 valence electrons. The lowest BCUT2D eigenvalue weighted by Gasteiger charge is -2.11. The number of halogens is 1. The zero-order chi connectivity index (χ0) is 13.6. The van der Waals surface area contributed by atoms with Gasteiger partial charge in [-0.25, -0.2) is 0 Å². The average Bonchev–Trinajstić information content (AvgIpc) is 2.77. The molecular weight excluding hydrogens is 262 g/mol. The molecule has 19 heavy (non-hydrogen) atoms. The lowest BCUT2D eigenvalue weighted by atomic mass is 10.1. The highest BCUT2D eigenvalue weighted by Gasteiger charge is 2.20. The van der Waals surface area contributed by atoms with Crippen molar-refractivity contribution in [3.63, 3.8) is 0 Å². The van der Waals surface area contributed by atoms with E-state index in [4.69, 9.17) is 17.3 Å². The SMILES string of the molecule is Cn1c(-c2ccc(Cl)cc2)cc2c(c1=O)C(N)=NC2. The Morgan fingerprint density at radius 3 is 2.68 bits per heavy atom. The zero-order valence-electron chi connectivity index (χ0n) is 10.4. The molecule has 0 radical (unpaired) electrons. The summed E-state index contributed by atoms with van der Waals surface area (Å²) in [5.74, 6) is 0.332. The second-order valence-electron chi connectivity index (χ2n) is 4.50. The van der Waals surface area contributed by atoms with Gasteiger partial charge in [0.15, 0.2) is 0 Å². The third-order valence-electron chi connectivity index (χ3n) is 3.33. The maximum Gasteiger partial charge on any atom is 0.262 e. The highest BCUT2D eigenvalue weighted by Crippen LogP contribution is 2.24. The maximum atomic E-state index is 12.3. The average molecular weight is 274 g/mol. The molecule has 0 fully saturated rings. The van der Waals surface area contributed by atoms with Crippen molar-refractivity contribution >= 4 is 17.4 Å². The van der Waals surface area contributed by atoms with E-state index in [0.29, 0.717) is 23.0 Å². The van der Waals surface area contributed by atoms with Crippen LogP contribution in [0.4, 0.5) is 0 Å². The van der Waals surface area contributed by atoms with E-state index in [1.54, 1.807) is 23.7 Å². The van der Waals surface area contributed by atoms with Crippen molar-refractivity contribution in [3.8, 4) is 11.3 Å². The maximum absolute atomic E-state index is 12.3. The third-order valence-corrected chi connectivity index (χ3v) is 3.58. The molecule has 0 saturated carbocycles. The molecule has 0 bridgehead atoms. The number of nitrogens with zero attached hydrogens (tertiary/aromatic N) is 2. The van der Waals surface area contributed by atoms with Gasteiger partial charge in [-0.15, -0.1) is 0 Å². The van der Waals surface area contributed by atoms with E-state index in [0.717, 1.165) is 16.8 Å². The molecule has 0 aliphatic carbocycles. The molecule has 2 aromatic rings. The number of hydrogen-bond acceptors (Lipinski definition) is 3. The van der Waals surface area contributed by atoms with E-state index in [1.807, 2.05) is 18.2 Å². The molecule has 0 unspecified atom stereocenters. The summed E-state index contributed by atoms with van der Waals surface area (Å²) >= 11 is 5.88. The Bertz CT molecular complexity index is 745. The zero-order valence-corrected chi connectivity index (χ0v) is 11.1. The minimum Gasteiger partial charge on any atom is -0.383 e. The van der Waals surface area contributed by atoms with Gasteiger partial charge in [0.1, 0.15) is 5.84 Å². The van der Waals surface area contributed by atoms with Crippen LogP contribution >= 0.6 is 11.6 Å². The van der Waals surface area contributed by atoms with Crippen LogP contribution in [0.3, 0.4) is 0 Å². The normalized spacial score (nSPS) is 13.3. The fraction of sp³-hybridized carbons (Fsp3) is 0.143. The minimum atomic E-state index is -0.110. The van der Waals surface area contributed by atoms with E-state index in [9.17, 15) is 4.79 Å². The molecule has 0 amide bonds. The van der Waals surface area contributed by atoms with Gasteiger partial charge in [-0.2, -0.15) is 0 Å². The van der Waals surface area contributed by atoms with Gasteiger partial charge in [0.05, 0.1) is 17.8 Å². The number of hydrogen-bond donors (Lipinski definition) is 1. The number of nitrogens with two attached hydrogens (primary N) is 1. The third kappa shape index (κ3) is 1.85. The first-order chi connectivity index (χ1) is 9.08. The predicted octanol–water partition coefficient (Wildman–Crippen LogP) is 1.92. The smallest absolute Gasteiger partial charge is 0.262 e. The van der Waals surface area contributed by atoms with Gasteiger partial charge in [-0.1, -0.05) is 23.7 Å². The van der Waals surface area contributed by atoms with Gasteiger partial charge < -0.3 is 10.3 Å². The van der Waals surface area contributed by atoms with E-state index in [1.165, 1.54) is 0 Å². The van der Waals surface area contributed by atoms with Crippen molar-refractivity contribution in [1.29, 1.82) is 0 Å². The van der Waals surface area contributed by atoms with Gasteiger partial charge in [-0.05, 0) is 29.3 Å². The van der Waals surface area contributed by atoms with Crippen molar-refractivity contribution in [3.05, 3.63) is 56.8 Å². The van der Waals surface area contributed by atoms with Gasteiger partial charge >= 0.3 is 0 Å². The Balaban J connectivity index is 2.23. The van der Waals surface area contributed by atoms with Gasteiger partial charge in [0, 0.05) is 12.1 Å². The van der Waals surface area contributed by atoms with Crippen molar-refractivity contribution < 1.29 is 0 Å². The highest BCUT2D eigenvalue weighted by molar-refractivity contribution is 6.30. The molecule has 0 saturated heterocycles. The molecule has 2 N–H and O–H groups in total. The fourth-order valence-corrected chi connectivity index (χ4v) is 2.42. The lowest BCUT2D eigenvalue weighted by molar-refractivity contribution is 0.861. The van der Waals surface area contributed by atoms with Crippen molar-refractivity contribution in [2.24, 2.45) is 17.8 Å². The number of aliphatic imine (C=N–C) groups is 1. The summed E-state index contributed by atoms with van der Waals surface area (Å²) in [6.07, 6.45) is 0. The van der Waals surface area contributed by atoms with Gasteiger partial charge in [0.25, 0.3) is 5.56 Å². The van der Waals surface area contributed by atoms with Crippen LogP contribution in [0.2, 0.25) is 5.02 Å². The number of fused-ring (bicyclic) bond motifs is 1. The molecule has 0 atom stereocenters. The summed E-state index contributed by atoms with van der Waals surface area (Å²) in [6, 6.07) is 9.35. The molecule has 1 aromatic carbocycles. The second-order valence-corrected chi connectivity index (χ2v) is 4.94. The molecule has 2 heterocycles. The van der Waals surface area contributed by atoms with Crippen molar-refractivity contribution in [1.82, 2.24) is 4.57 Å². The Labute approximate surface area is 115 Å². The number of amidine groups is 1. The lowest BCUT2D eigenvalue weighted by Crippen LogP contribution is -2.28. The quantitative estimate of drug-likeness (QED) is 0.863. The summed E-state index contributed by atoms with van der Waals surface area (Å²) < 4.78 is 1.59. The minimum absolute atomic E-state index is 0.110. The largest absolute Gasteiger partial charge is 0.383 e. The van der Waals surface area contributed by atoms with E-state index < -0.39 is 0 Å². The summed E-state index contributed by atoms with van der Waals surface area (Å²) in [5.41, 5.74) is 8.82. The highest BCUT2D eigenvalue weighted by atomic mass is 35.5. The van der Waals surface area contributed by atoms with E-state index >= 15 is 0 Å². The van der Waals surface area contributed by atoms with Crippen LogP contribution in [-0.4, -0.2) is 10.4 Å². The molecule has 5 heteroatoms. The van der Waals surface area contributed by atoms with Crippen LogP contribution in [0, 0.1) is 0 Å². The first kappa shape index (κ1) is 12.0. The summed E-state index contributed by atoms with van der Waals surface area (Å²) in [5, 5.41) is 0.669. The Morgan fingerprint density at radius 1 is 1.32 bits per heavy atom. The van der Waals surface area contributed by atoms with Crippen molar-refractivity contribution in [2.45, 2.75) is 6.54 Å². The monoisotopic (exact) mass is 273 g/mol. The predicted molar refractivity (Wildman–Crippen MR) is 76.6 cm³/mol. The Hall–Kier alpha value is -2.07. The first-order valence-corrected chi connectivity index (χ1v) is 6.25. The van der Waals surface area contributed by atoms with Crippen LogP contribution in [0.5, 0.6) is 0 Å². The second kappa shape index (κ2) is 4.24. The molecular formula is C14H12ClN3O. The molecule has 4 nitrogen and oxygen atoms in total. The fourth-order valence-electron chi connectivity index (χ4n) is 2.29. The molecule has 3 rings (SSSR count). The molecule has 0 spiro atoms. The number of aromatic nitrogens is 1. The van der Waals surface area contributed by atoms with E-state index in [-0.39, 0.29) is 5.56 Å². The van der Waals surface area contributed by atoms with Gasteiger partial charge in [0.2, 0.25) is 0 Å². The van der Waals surface area contributed by atoms with Crippen molar-refractivity contribution in [2.75, 3.05) is 0 Å². The molecule has 1 aliphatic rings.